The molecule has 4 heterocycles. The van der Waals surface area contributed by atoms with E-state index >= 15 is 0 Å². The lowest BCUT2D eigenvalue weighted by atomic mass is 10.0. The molecule has 1 aromatic carbocycles. The topological polar surface area (TPSA) is 99.8 Å². The Kier molecular flexibility index (Phi) is 3.71. The molecule has 0 fully saturated rings. The summed E-state index contributed by atoms with van der Waals surface area (Å²) in [6.07, 6.45) is 6.53. The van der Waals surface area contributed by atoms with Crippen molar-refractivity contribution in [1.29, 1.82) is 0 Å². The van der Waals surface area contributed by atoms with Crippen LogP contribution in [0.3, 0.4) is 0 Å². The molecule has 28 heavy (non-hydrogen) atoms. The second-order valence-electron chi connectivity index (χ2n) is 6.42. The van der Waals surface area contributed by atoms with Crippen molar-refractivity contribution >= 4 is 11.7 Å². The Balaban J connectivity index is 1.66. The van der Waals surface area contributed by atoms with E-state index in [1.54, 1.807) is 40.1 Å². The number of hydrogen-bond acceptors (Lipinski definition) is 6. The zero-order valence-corrected chi connectivity index (χ0v) is 14.7. The number of hydrogen-bond donors (Lipinski definition) is 1. The first-order valence-electron chi connectivity index (χ1n) is 8.72. The van der Waals surface area contributed by atoms with E-state index in [1.165, 1.54) is 12.1 Å². The maximum Gasteiger partial charge on any atom is 0.154 e. The Morgan fingerprint density at radius 3 is 2.71 bits per heavy atom. The van der Waals surface area contributed by atoms with Gasteiger partial charge in [-0.05, 0) is 42.0 Å². The summed E-state index contributed by atoms with van der Waals surface area (Å²) in [5.41, 5.74) is 9.11. The number of anilines is 1. The maximum absolute atomic E-state index is 13.4. The third-order valence-corrected chi connectivity index (χ3v) is 4.58. The summed E-state index contributed by atoms with van der Waals surface area (Å²) in [5, 5.41) is 17.2. The molecule has 0 saturated carbocycles. The van der Waals surface area contributed by atoms with E-state index in [9.17, 15) is 4.39 Å². The van der Waals surface area contributed by atoms with Crippen LogP contribution in [0.2, 0.25) is 0 Å². The number of halogens is 1. The number of nitrogens with two attached hydrogens (primary N) is 1. The first-order valence-corrected chi connectivity index (χ1v) is 8.72. The monoisotopic (exact) mass is 374 g/mol. The first-order chi connectivity index (χ1) is 13.7. The zero-order valence-electron chi connectivity index (χ0n) is 14.7. The van der Waals surface area contributed by atoms with Crippen LogP contribution >= 0.6 is 0 Å². The molecule has 3 aromatic heterocycles. The second kappa shape index (κ2) is 6.38. The number of pyridine rings is 1. The van der Waals surface area contributed by atoms with Crippen molar-refractivity contribution in [3.05, 3.63) is 66.8 Å². The third kappa shape index (κ3) is 2.82. The molecule has 1 aliphatic heterocycles. The molecule has 5 rings (SSSR count). The highest BCUT2D eigenvalue weighted by molar-refractivity contribution is 5.89. The fourth-order valence-electron chi connectivity index (χ4n) is 3.21. The lowest BCUT2D eigenvalue weighted by Gasteiger charge is -2.11. The normalized spacial score (nSPS) is 13.2. The molecule has 0 saturated heterocycles. The van der Waals surface area contributed by atoms with Crippen LogP contribution in [0.15, 0.2) is 60.2 Å². The number of nitrogen functional groups attached to an aromatic ring is 1. The molecule has 0 unspecified atom stereocenters. The van der Waals surface area contributed by atoms with Crippen molar-refractivity contribution in [3.8, 4) is 22.4 Å². The van der Waals surface area contributed by atoms with E-state index < -0.39 is 0 Å². The van der Waals surface area contributed by atoms with Gasteiger partial charge in [-0.3, -0.25) is 0 Å². The lowest BCUT2D eigenvalue weighted by Crippen LogP contribution is -2.20. The highest BCUT2D eigenvalue weighted by Gasteiger charge is 2.19. The zero-order chi connectivity index (χ0) is 19.1. The van der Waals surface area contributed by atoms with Crippen molar-refractivity contribution in [2.75, 3.05) is 5.73 Å². The number of aromatic nitrogens is 6. The molecule has 4 aromatic rings. The molecule has 2 N–H and O–H groups in total. The van der Waals surface area contributed by atoms with Crippen LogP contribution in [0.25, 0.3) is 22.4 Å². The van der Waals surface area contributed by atoms with Gasteiger partial charge < -0.3 is 5.73 Å². The Labute approximate surface area is 159 Å². The van der Waals surface area contributed by atoms with E-state index in [-0.39, 0.29) is 5.82 Å². The van der Waals surface area contributed by atoms with Crippen LogP contribution < -0.4 is 5.73 Å². The molecule has 0 aliphatic carbocycles. The average Bonchev–Trinajstić information content (AvgIpc) is 3.35. The molecule has 0 spiro atoms. The summed E-state index contributed by atoms with van der Waals surface area (Å²) in [6.45, 7) is 0. The number of rotatable bonds is 2. The van der Waals surface area contributed by atoms with Gasteiger partial charge >= 0.3 is 0 Å². The molecule has 0 bridgehead atoms. The highest BCUT2D eigenvalue weighted by atomic mass is 19.1. The molecule has 0 amide bonds. The molecule has 138 valence electrons. The molecule has 0 radical (unpaired) electrons. The van der Waals surface area contributed by atoms with Crippen LogP contribution in [-0.2, 0) is 6.42 Å². The number of benzene rings is 1. The van der Waals surface area contributed by atoms with E-state index in [0.717, 1.165) is 34.8 Å². The minimum Gasteiger partial charge on any atom is -0.384 e. The smallest absolute Gasteiger partial charge is 0.154 e. The Morgan fingerprint density at radius 2 is 1.89 bits per heavy atom. The maximum atomic E-state index is 13.4. The van der Waals surface area contributed by atoms with Gasteiger partial charge in [0.25, 0.3) is 0 Å². The molecule has 8 nitrogen and oxygen atoms in total. The summed E-state index contributed by atoms with van der Waals surface area (Å²) in [5.74, 6) is 1.70. The summed E-state index contributed by atoms with van der Waals surface area (Å²) in [4.78, 5) is 4.06. The van der Waals surface area contributed by atoms with Crippen LogP contribution in [0.4, 0.5) is 10.2 Å². The molecule has 0 atom stereocenters. The fourth-order valence-corrected chi connectivity index (χ4v) is 3.21. The SMILES string of the molecule is Nc1cc(-c2cn(C3=Nn4cnnc4CC3)nc2-c2ccc(F)cc2)ccn1. The van der Waals surface area contributed by atoms with E-state index in [1.807, 2.05) is 12.3 Å². The summed E-state index contributed by atoms with van der Waals surface area (Å²) >= 11 is 0. The van der Waals surface area contributed by atoms with Crippen LogP contribution in [-0.4, -0.2) is 35.5 Å². The minimum atomic E-state index is -0.297. The van der Waals surface area contributed by atoms with Gasteiger partial charge in [0.1, 0.15) is 23.7 Å². The van der Waals surface area contributed by atoms with Gasteiger partial charge in [-0.25, -0.2) is 18.7 Å². The van der Waals surface area contributed by atoms with Gasteiger partial charge in [0.15, 0.2) is 11.7 Å². The second-order valence-corrected chi connectivity index (χ2v) is 6.42. The van der Waals surface area contributed by atoms with Crippen LogP contribution in [0.1, 0.15) is 12.2 Å². The van der Waals surface area contributed by atoms with Crippen molar-refractivity contribution in [1.82, 2.24) is 29.6 Å². The van der Waals surface area contributed by atoms with Crippen molar-refractivity contribution < 1.29 is 4.39 Å². The average molecular weight is 374 g/mol. The van der Waals surface area contributed by atoms with Crippen LogP contribution in [0.5, 0.6) is 0 Å². The number of aryl methyl sites for hydroxylation is 1. The number of fused-ring (bicyclic) bond motifs is 1. The summed E-state index contributed by atoms with van der Waals surface area (Å²) < 4.78 is 16.8. The van der Waals surface area contributed by atoms with Crippen molar-refractivity contribution in [3.63, 3.8) is 0 Å². The molecular weight excluding hydrogens is 359 g/mol. The molecular formula is C19H15FN8. The standard InChI is InChI=1S/C19H15FN8/c20-14-3-1-12(2-4-14)19-15(13-7-8-22-16(21)9-13)10-27(26-19)18-6-5-17-24-23-11-28(17)25-18/h1-4,7-11H,5-6H2,(H2,21,22). The first kappa shape index (κ1) is 16.3. The largest absolute Gasteiger partial charge is 0.384 e. The third-order valence-electron chi connectivity index (χ3n) is 4.58. The Hall–Kier alpha value is -3.88. The number of nitrogens with zero attached hydrogens (tertiary/aromatic N) is 7. The van der Waals surface area contributed by atoms with Gasteiger partial charge in [-0.15, -0.1) is 10.2 Å². The lowest BCUT2D eigenvalue weighted by molar-refractivity contribution is 0.628. The Bertz CT molecular complexity index is 1190. The quantitative estimate of drug-likeness (QED) is 0.581. The van der Waals surface area contributed by atoms with Crippen molar-refractivity contribution in [2.24, 2.45) is 5.10 Å². The Morgan fingerprint density at radius 1 is 1.04 bits per heavy atom. The van der Waals surface area contributed by atoms with Gasteiger partial charge in [-0.1, -0.05) is 0 Å². The molecule has 9 heteroatoms. The minimum absolute atomic E-state index is 0.297. The van der Waals surface area contributed by atoms with E-state index in [2.05, 4.69) is 20.3 Å². The summed E-state index contributed by atoms with van der Waals surface area (Å²) in [6, 6.07) is 9.90. The predicted octanol–water partition coefficient (Wildman–Crippen LogP) is 2.58. The van der Waals surface area contributed by atoms with E-state index in [0.29, 0.717) is 17.9 Å². The van der Waals surface area contributed by atoms with Gasteiger partial charge in [-0.2, -0.15) is 10.2 Å². The fraction of sp³-hybridized carbons (Fsp3) is 0.105. The summed E-state index contributed by atoms with van der Waals surface area (Å²) in [7, 11) is 0. The predicted molar refractivity (Wildman–Crippen MR) is 102 cm³/mol. The van der Waals surface area contributed by atoms with Gasteiger partial charge in [0, 0.05) is 36.4 Å². The van der Waals surface area contributed by atoms with Crippen LogP contribution in [0, 0.1) is 5.82 Å². The highest BCUT2D eigenvalue weighted by Crippen LogP contribution is 2.32. The van der Waals surface area contributed by atoms with Gasteiger partial charge in [0.2, 0.25) is 0 Å². The van der Waals surface area contributed by atoms with E-state index in [4.69, 9.17) is 10.8 Å². The molecule has 1 aliphatic rings. The van der Waals surface area contributed by atoms with Gasteiger partial charge in [0.05, 0.1) is 0 Å². The van der Waals surface area contributed by atoms with Crippen molar-refractivity contribution in [2.45, 2.75) is 12.8 Å².